The summed E-state index contributed by atoms with van der Waals surface area (Å²) in [6.45, 7) is 0. The van der Waals surface area contributed by atoms with Gasteiger partial charge in [-0.3, -0.25) is 4.79 Å². The van der Waals surface area contributed by atoms with Gasteiger partial charge in [0.25, 0.3) is 0 Å². The largest absolute Gasteiger partial charge is 0.481 e. The lowest BCUT2D eigenvalue weighted by molar-refractivity contribution is -0.136. The van der Waals surface area contributed by atoms with Gasteiger partial charge in [-0.25, -0.2) is 0 Å². The van der Waals surface area contributed by atoms with Gasteiger partial charge in [-0.15, -0.1) is 12.6 Å². The predicted octanol–water partition coefficient (Wildman–Crippen LogP) is 1.95. The topological polar surface area (TPSA) is 63.3 Å². The van der Waals surface area contributed by atoms with E-state index in [0.29, 0.717) is 20.6 Å². The van der Waals surface area contributed by atoms with Crippen molar-refractivity contribution < 1.29 is 9.90 Å². The molecular weight excluding hydrogens is 254 g/mol. The molecule has 3 N–H and O–H groups in total. The van der Waals surface area contributed by atoms with E-state index in [1.54, 1.807) is 12.1 Å². The SMILES string of the molecule is Nc1c(S)ccc(Br)c1CC(=O)O. The summed E-state index contributed by atoms with van der Waals surface area (Å²) in [5.74, 6) is -0.911. The van der Waals surface area contributed by atoms with E-state index < -0.39 is 5.97 Å². The number of carbonyl (C=O) groups is 1. The number of anilines is 1. The van der Waals surface area contributed by atoms with Crippen LogP contribution in [0, 0.1) is 0 Å². The van der Waals surface area contributed by atoms with Gasteiger partial charge in [-0.2, -0.15) is 0 Å². The highest BCUT2D eigenvalue weighted by atomic mass is 79.9. The maximum Gasteiger partial charge on any atom is 0.307 e. The van der Waals surface area contributed by atoms with Gasteiger partial charge in [0.2, 0.25) is 0 Å². The summed E-state index contributed by atoms with van der Waals surface area (Å²) in [5, 5.41) is 8.61. The Kier molecular flexibility index (Phi) is 3.22. The zero-order valence-electron chi connectivity index (χ0n) is 6.62. The summed E-state index contributed by atoms with van der Waals surface area (Å²) in [4.78, 5) is 11.1. The molecule has 0 bridgehead atoms. The number of hydrogen-bond acceptors (Lipinski definition) is 3. The van der Waals surface area contributed by atoms with Gasteiger partial charge < -0.3 is 10.8 Å². The van der Waals surface area contributed by atoms with Crippen molar-refractivity contribution in [3.63, 3.8) is 0 Å². The van der Waals surface area contributed by atoms with Crippen molar-refractivity contribution in [2.45, 2.75) is 11.3 Å². The van der Waals surface area contributed by atoms with Gasteiger partial charge in [0, 0.05) is 20.6 Å². The van der Waals surface area contributed by atoms with Crippen molar-refractivity contribution in [1.82, 2.24) is 0 Å². The third-order valence-electron chi connectivity index (χ3n) is 1.60. The van der Waals surface area contributed by atoms with Crippen molar-refractivity contribution >= 4 is 40.2 Å². The smallest absolute Gasteiger partial charge is 0.307 e. The molecule has 0 heterocycles. The first-order valence-corrected chi connectivity index (χ1v) is 4.74. The molecule has 0 aromatic heterocycles. The number of halogens is 1. The molecule has 5 heteroatoms. The van der Waals surface area contributed by atoms with Gasteiger partial charge in [-0.1, -0.05) is 15.9 Å². The Bertz CT molecular complexity index is 354. The van der Waals surface area contributed by atoms with E-state index in [1.165, 1.54) is 0 Å². The highest BCUT2D eigenvalue weighted by Gasteiger charge is 2.10. The average Bonchev–Trinajstić information content (AvgIpc) is 2.05. The zero-order valence-corrected chi connectivity index (χ0v) is 9.10. The summed E-state index contributed by atoms with van der Waals surface area (Å²) in [7, 11) is 0. The third kappa shape index (κ3) is 2.38. The van der Waals surface area contributed by atoms with Crippen molar-refractivity contribution in [3.05, 3.63) is 22.2 Å². The number of thiol groups is 1. The zero-order chi connectivity index (χ0) is 10.0. The quantitative estimate of drug-likeness (QED) is 0.563. The number of benzene rings is 1. The van der Waals surface area contributed by atoms with Crippen molar-refractivity contribution in [2.24, 2.45) is 0 Å². The van der Waals surface area contributed by atoms with Crippen molar-refractivity contribution in [1.29, 1.82) is 0 Å². The first-order chi connectivity index (χ1) is 6.02. The van der Waals surface area contributed by atoms with E-state index in [9.17, 15) is 4.79 Å². The Morgan fingerprint density at radius 1 is 1.62 bits per heavy atom. The molecule has 70 valence electrons. The Morgan fingerprint density at radius 3 is 2.77 bits per heavy atom. The fourth-order valence-corrected chi connectivity index (χ4v) is 1.65. The minimum absolute atomic E-state index is 0.0964. The molecule has 0 spiro atoms. The van der Waals surface area contributed by atoms with Crippen LogP contribution in [0.5, 0.6) is 0 Å². The fraction of sp³-hybridized carbons (Fsp3) is 0.125. The molecule has 1 rings (SSSR count). The summed E-state index contributed by atoms with van der Waals surface area (Å²) in [5.41, 5.74) is 6.65. The third-order valence-corrected chi connectivity index (χ3v) is 2.74. The number of rotatable bonds is 2. The van der Waals surface area contributed by atoms with Gasteiger partial charge in [0.1, 0.15) is 0 Å². The lowest BCUT2D eigenvalue weighted by Gasteiger charge is -2.07. The second-order valence-electron chi connectivity index (χ2n) is 2.53. The maximum atomic E-state index is 10.5. The van der Waals surface area contributed by atoms with Crippen LogP contribution in [-0.4, -0.2) is 11.1 Å². The second-order valence-corrected chi connectivity index (χ2v) is 3.87. The lowest BCUT2D eigenvalue weighted by Crippen LogP contribution is -2.05. The number of hydrogen-bond donors (Lipinski definition) is 3. The molecule has 0 unspecified atom stereocenters. The molecule has 0 saturated heterocycles. The molecule has 0 fully saturated rings. The van der Waals surface area contributed by atoms with Gasteiger partial charge in [-0.05, 0) is 12.1 Å². The number of carboxylic acids is 1. The van der Waals surface area contributed by atoms with Crippen LogP contribution in [0.3, 0.4) is 0 Å². The highest BCUT2D eigenvalue weighted by molar-refractivity contribution is 9.10. The molecule has 1 aromatic carbocycles. The van der Waals surface area contributed by atoms with Crippen LogP contribution in [0.2, 0.25) is 0 Å². The molecule has 0 aliphatic rings. The van der Waals surface area contributed by atoms with E-state index >= 15 is 0 Å². The molecule has 0 radical (unpaired) electrons. The summed E-state index contributed by atoms with van der Waals surface area (Å²) < 4.78 is 0.699. The Hall–Kier alpha value is -0.680. The monoisotopic (exact) mass is 261 g/mol. The van der Waals surface area contributed by atoms with Gasteiger partial charge >= 0.3 is 5.97 Å². The molecule has 0 atom stereocenters. The van der Waals surface area contributed by atoms with E-state index in [-0.39, 0.29) is 6.42 Å². The predicted molar refractivity (Wildman–Crippen MR) is 57.1 cm³/mol. The number of nitrogens with two attached hydrogens (primary N) is 1. The summed E-state index contributed by atoms with van der Waals surface area (Å²) in [6.07, 6.45) is -0.0964. The molecule has 0 saturated carbocycles. The minimum Gasteiger partial charge on any atom is -0.481 e. The van der Waals surface area contributed by atoms with E-state index in [4.69, 9.17) is 10.8 Å². The summed E-state index contributed by atoms with van der Waals surface area (Å²) >= 11 is 7.33. The van der Waals surface area contributed by atoms with Crippen molar-refractivity contribution in [2.75, 3.05) is 5.73 Å². The van der Waals surface area contributed by atoms with E-state index in [0.717, 1.165) is 0 Å². The van der Waals surface area contributed by atoms with Gasteiger partial charge in [0.05, 0.1) is 6.42 Å². The van der Waals surface area contributed by atoms with Crippen LogP contribution in [0.1, 0.15) is 5.56 Å². The van der Waals surface area contributed by atoms with Crippen LogP contribution < -0.4 is 5.73 Å². The van der Waals surface area contributed by atoms with E-state index in [1.807, 2.05) is 0 Å². The number of aliphatic carboxylic acids is 1. The minimum atomic E-state index is -0.911. The average molecular weight is 262 g/mol. The summed E-state index contributed by atoms with van der Waals surface area (Å²) in [6, 6.07) is 3.45. The van der Waals surface area contributed by atoms with Crippen LogP contribution in [0.4, 0.5) is 5.69 Å². The van der Waals surface area contributed by atoms with Crippen LogP contribution in [-0.2, 0) is 11.2 Å². The number of nitrogen functional groups attached to an aromatic ring is 1. The van der Waals surface area contributed by atoms with Crippen LogP contribution in [0.15, 0.2) is 21.5 Å². The Labute approximate surface area is 89.5 Å². The molecule has 0 amide bonds. The lowest BCUT2D eigenvalue weighted by atomic mass is 10.1. The highest BCUT2D eigenvalue weighted by Crippen LogP contribution is 2.28. The number of carboxylic acid groups (broad SMARTS) is 1. The van der Waals surface area contributed by atoms with Gasteiger partial charge in [0.15, 0.2) is 0 Å². The molecule has 0 aliphatic carbocycles. The maximum absolute atomic E-state index is 10.5. The molecule has 3 nitrogen and oxygen atoms in total. The molecule has 13 heavy (non-hydrogen) atoms. The van der Waals surface area contributed by atoms with Crippen LogP contribution in [0.25, 0.3) is 0 Å². The first kappa shape index (κ1) is 10.4. The molecule has 0 aliphatic heterocycles. The fourth-order valence-electron chi connectivity index (χ4n) is 0.957. The standard InChI is InChI=1S/C8H8BrNO2S/c9-5-1-2-6(13)8(10)4(5)3-7(11)12/h1-2,13H,3,10H2,(H,11,12). The Balaban J connectivity index is 3.17. The van der Waals surface area contributed by atoms with Crippen LogP contribution >= 0.6 is 28.6 Å². The first-order valence-electron chi connectivity index (χ1n) is 3.50. The molecule has 1 aromatic rings. The normalized spacial score (nSPS) is 10.0. The van der Waals surface area contributed by atoms with E-state index in [2.05, 4.69) is 28.6 Å². The second kappa shape index (κ2) is 4.02. The van der Waals surface area contributed by atoms with Crippen molar-refractivity contribution in [3.8, 4) is 0 Å². The Morgan fingerprint density at radius 2 is 2.23 bits per heavy atom. The molecular formula is C8H8BrNO2S.